The van der Waals surface area contributed by atoms with Gasteiger partial charge in [0.2, 0.25) is 0 Å². The molecule has 0 saturated heterocycles. The summed E-state index contributed by atoms with van der Waals surface area (Å²) >= 11 is 0. The van der Waals surface area contributed by atoms with E-state index in [9.17, 15) is 13.2 Å². The number of hydrogen-bond donors (Lipinski definition) is 1. The molecule has 0 bridgehead atoms. The van der Waals surface area contributed by atoms with Crippen molar-refractivity contribution in [2.24, 2.45) is 0 Å². The first-order valence-corrected chi connectivity index (χ1v) is 7.45. The molecule has 2 rings (SSSR count). The summed E-state index contributed by atoms with van der Waals surface area (Å²) in [4.78, 5) is 1.78. The SMILES string of the molecule is CC(C)NCc1ccc(N(C)C2CCC2)c(C(F)(F)F)c1. The summed E-state index contributed by atoms with van der Waals surface area (Å²) < 4.78 is 40.0. The van der Waals surface area contributed by atoms with Crippen LogP contribution in [0.4, 0.5) is 18.9 Å². The van der Waals surface area contributed by atoms with Gasteiger partial charge in [-0.3, -0.25) is 0 Å². The lowest BCUT2D eigenvalue weighted by Crippen LogP contribution is -2.38. The molecule has 1 aliphatic carbocycles. The van der Waals surface area contributed by atoms with Crippen LogP contribution in [0.3, 0.4) is 0 Å². The summed E-state index contributed by atoms with van der Waals surface area (Å²) in [6.07, 6.45) is -1.26. The maximum Gasteiger partial charge on any atom is 0.418 e. The molecule has 1 aromatic carbocycles. The van der Waals surface area contributed by atoms with Gasteiger partial charge in [0.15, 0.2) is 0 Å². The van der Waals surface area contributed by atoms with Crippen molar-refractivity contribution in [3.63, 3.8) is 0 Å². The third kappa shape index (κ3) is 3.90. The molecule has 1 N–H and O–H groups in total. The first kappa shape index (κ1) is 16.1. The molecule has 0 aromatic heterocycles. The fraction of sp³-hybridized carbons (Fsp3) is 0.625. The first-order chi connectivity index (χ1) is 9.79. The molecule has 0 atom stereocenters. The van der Waals surface area contributed by atoms with Gasteiger partial charge >= 0.3 is 6.18 Å². The third-order valence-electron chi connectivity index (χ3n) is 4.08. The van der Waals surface area contributed by atoms with E-state index in [-0.39, 0.29) is 12.1 Å². The number of nitrogens with one attached hydrogen (secondary N) is 1. The average Bonchev–Trinajstić information content (AvgIpc) is 2.32. The standard InChI is InChI=1S/C16H23F3N2/c1-11(2)20-10-12-7-8-15(14(9-12)16(17,18)19)21(3)13-5-4-6-13/h7-9,11,13,20H,4-6,10H2,1-3H3. The fourth-order valence-electron chi connectivity index (χ4n) is 2.52. The minimum absolute atomic E-state index is 0.241. The summed E-state index contributed by atoms with van der Waals surface area (Å²) in [6.45, 7) is 4.40. The Balaban J connectivity index is 2.27. The summed E-state index contributed by atoms with van der Waals surface area (Å²) in [6, 6.07) is 5.16. The molecule has 0 amide bonds. The molecule has 1 aromatic rings. The number of halogens is 3. The molecule has 0 unspecified atom stereocenters. The lowest BCUT2D eigenvalue weighted by Gasteiger charge is -2.37. The Kier molecular flexibility index (Phi) is 4.81. The Morgan fingerprint density at radius 3 is 2.43 bits per heavy atom. The van der Waals surface area contributed by atoms with Crippen molar-refractivity contribution in [1.82, 2.24) is 5.32 Å². The Bertz CT molecular complexity index is 479. The van der Waals surface area contributed by atoms with Crippen LogP contribution in [0.15, 0.2) is 18.2 Å². The predicted octanol–water partition coefficient (Wildman–Crippen LogP) is 4.19. The number of benzene rings is 1. The number of rotatable bonds is 5. The number of hydrogen-bond acceptors (Lipinski definition) is 2. The summed E-state index contributed by atoms with van der Waals surface area (Å²) in [5, 5.41) is 3.15. The highest BCUT2D eigenvalue weighted by Gasteiger charge is 2.36. The zero-order valence-electron chi connectivity index (χ0n) is 12.8. The van der Waals surface area contributed by atoms with Crippen LogP contribution in [0.25, 0.3) is 0 Å². The van der Waals surface area contributed by atoms with Crippen LogP contribution in [-0.2, 0) is 12.7 Å². The normalized spacial score (nSPS) is 16.1. The van der Waals surface area contributed by atoms with E-state index < -0.39 is 11.7 Å². The van der Waals surface area contributed by atoms with Crippen molar-refractivity contribution >= 4 is 5.69 Å². The summed E-state index contributed by atoms with van der Waals surface area (Å²) in [7, 11) is 1.76. The van der Waals surface area contributed by atoms with Crippen LogP contribution >= 0.6 is 0 Å². The highest BCUT2D eigenvalue weighted by Crippen LogP contribution is 2.39. The smallest absolute Gasteiger partial charge is 0.371 e. The van der Waals surface area contributed by atoms with Gasteiger partial charge in [0.05, 0.1) is 5.56 Å². The fourth-order valence-corrected chi connectivity index (χ4v) is 2.52. The van der Waals surface area contributed by atoms with Crippen LogP contribution in [0.5, 0.6) is 0 Å². The van der Waals surface area contributed by atoms with E-state index in [2.05, 4.69) is 5.32 Å². The minimum Gasteiger partial charge on any atom is -0.371 e. The van der Waals surface area contributed by atoms with Gasteiger partial charge in [-0.25, -0.2) is 0 Å². The zero-order chi connectivity index (χ0) is 15.6. The van der Waals surface area contributed by atoms with Gasteiger partial charge in [0.25, 0.3) is 0 Å². The summed E-state index contributed by atoms with van der Waals surface area (Å²) in [5.41, 5.74) is 0.433. The Labute approximate surface area is 124 Å². The number of anilines is 1. The second kappa shape index (κ2) is 6.26. The van der Waals surface area contributed by atoms with E-state index in [1.54, 1.807) is 24.1 Å². The largest absolute Gasteiger partial charge is 0.418 e. The predicted molar refractivity (Wildman–Crippen MR) is 79.5 cm³/mol. The molecular weight excluding hydrogens is 277 g/mol. The monoisotopic (exact) mass is 300 g/mol. The number of alkyl halides is 3. The molecule has 0 spiro atoms. The highest BCUT2D eigenvalue weighted by molar-refractivity contribution is 5.57. The molecule has 5 heteroatoms. The van der Waals surface area contributed by atoms with Gasteiger partial charge in [-0.05, 0) is 37.0 Å². The molecule has 0 aliphatic heterocycles. The zero-order valence-corrected chi connectivity index (χ0v) is 12.8. The van der Waals surface area contributed by atoms with Crippen molar-refractivity contribution in [3.05, 3.63) is 29.3 Å². The van der Waals surface area contributed by atoms with Crippen molar-refractivity contribution in [3.8, 4) is 0 Å². The maximum absolute atomic E-state index is 13.3. The molecule has 21 heavy (non-hydrogen) atoms. The van der Waals surface area contributed by atoms with Crippen LogP contribution in [0, 0.1) is 0 Å². The Hall–Kier alpha value is -1.23. The van der Waals surface area contributed by atoms with Crippen molar-refractivity contribution < 1.29 is 13.2 Å². The van der Waals surface area contributed by atoms with E-state index in [0.29, 0.717) is 17.8 Å². The minimum atomic E-state index is -4.32. The van der Waals surface area contributed by atoms with E-state index in [4.69, 9.17) is 0 Å². The van der Waals surface area contributed by atoms with Gasteiger partial charge in [0.1, 0.15) is 0 Å². The molecule has 0 radical (unpaired) electrons. The Morgan fingerprint density at radius 2 is 1.95 bits per heavy atom. The molecule has 1 fully saturated rings. The molecule has 0 heterocycles. The second-order valence-electron chi connectivity index (χ2n) is 6.08. The number of nitrogens with zero attached hydrogens (tertiary/aromatic N) is 1. The second-order valence-corrected chi connectivity index (χ2v) is 6.08. The van der Waals surface area contributed by atoms with E-state index >= 15 is 0 Å². The molecular formula is C16H23F3N2. The van der Waals surface area contributed by atoms with Gasteiger partial charge in [-0.1, -0.05) is 19.9 Å². The van der Waals surface area contributed by atoms with Crippen molar-refractivity contribution in [2.45, 2.75) is 57.9 Å². The molecule has 1 aliphatic rings. The molecule has 118 valence electrons. The van der Waals surface area contributed by atoms with Crippen LogP contribution in [-0.4, -0.2) is 19.1 Å². The molecule has 2 nitrogen and oxygen atoms in total. The molecule has 1 saturated carbocycles. The van der Waals surface area contributed by atoms with Crippen LogP contribution in [0.2, 0.25) is 0 Å². The van der Waals surface area contributed by atoms with E-state index in [0.717, 1.165) is 19.3 Å². The van der Waals surface area contributed by atoms with Gasteiger partial charge in [-0.2, -0.15) is 13.2 Å². The lowest BCUT2D eigenvalue weighted by atomic mass is 9.91. The van der Waals surface area contributed by atoms with Gasteiger partial charge in [-0.15, -0.1) is 0 Å². The Morgan fingerprint density at radius 1 is 1.29 bits per heavy atom. The van der Waals surface area contributed by atoms with Crippen molar-refractivity contribution in [2.75, 3.05) is 11.9 Å². The first-order valence-electron chi connectivity index (χ1n) is 7.45. The van der Waals surface area contributed by atoms with E-state index in [1.807, 2.05) is 13.8 Å². The average molecular weight is 300 g/mol. The quantitative estimate of drug-likeness (QED) is 0.877. The highest BCUT2D eigenvalue weighted by atomic mass is 19.4. The van der Waals surface area contributed by atoms with Gasteiger partial charge < -0.3 is 10.2 Å². The van der Waals surface area contributed by atoms with E-state index in [1.165, 1.54) is 6.07 Å². The lowest BCUT2D eigenvalue weighted by molar-refractivity contribution is -0.137. The topological polar surface area (TPSA) is 15.3 Å². The maximum atomic E-state index is 13.3. The van der Waals surface area contributed by atoms with Gasteiger partial charge in [0, 0.05) is 31.4 Å². The van der Waals surface area contributed by atoms with Crippen molar-refractivity contribution in [1.29, 1.82) is 0 Å². The summed E-state index contributed by atoms with van der Waals surface area (Å²) in [5.74, 6) is 0. The van der Waals surface area contributed by atoms with Crippen LogP contribution < -0.4 is 10.2 Å². The third-order valence-corrected chi connectivity index (χ3v) is 4.08. The van der Waals surface area contributed by atoms with Crippen LogP contribution in [0.1, 0.15) is 44.2 Å².